The van der Waals surface area contributed by atoms with E-state index >= 15 is 0 Å². The van der Waals surface area contributed by atoms with Gasteiger partial charge in [-0.25, -0.2) is 14.4 Å². The molecule has 1 aliphatic rings. The molecule has 1 saturated heterocycles. The van der Waals surface area contributed by atoms with Gasteiger partial charge in [-0.1, -0.05) is 83.5 Å². The number of carbonyl (C=O) groups is 4. The van der Waals surface area contributed by atoms with Gasteiger partial charge in [-0.15, -0.1) is 0 Å². The van der Waals surface area contributed by atoms with E-state index in [4.69, 9.17) is 23.7 Å². The van der Waals surface area contributed by atoms with Crippen molar-refractivity contribution in [1.29, 1.82) is 0 Å². The first kappa shape index (κ1) is 45.6. The highest BCUT2D eigenvalue weighted by Crippen LogP contribution is 2.18. The van der Waals surface area contributed by atoms with E-state index in [1.165, 1.54) is 64.2 Å². The molecule has 2 amide bonds. The summed E-state index contributed by atoms with van der Waals surface area (Å²) in [6, 6.07) is -2.69. The summed E-state index contributed by atoms with van der Waals surface area (Å²) in [4.78, 5) is 51.5. The van der Waals surface area contributed by atoms with Crippen LogP contribution in [0.2, 0.25) is 0 Å². The van der Waals surface area contributed by atoms with Crippen LogP contribution in [0.4, 0.5) is 4.79 Å². The second-order valence-electron chi connectivity index (χ2n) is 16.6. The number of ether oxygens (including phenoxy) is 5. The lowest BCUT2D eigenvalue weighted by Gasteiger charge is -2.27. The molecule has 2 atom stereocenters. The summed E-state index contributed by atoms with van der Waals surface area (Å²) in [6.07, 6.45) is 18.0. The highest BCUT2D eigenvalue weighted by Gasteiger charge is 2.31. The van der Waals surface area contributed by atoms with Gasteiger partial charge < -0.3 is 34.3 Å². The Morgan fingerprint density at radius 1 is 0.540 bits per heavy atom. The molecular weight excluding hydrogens is 640 g/mol. The van der Waals surface area contributed by atoms with Gasteiger partial charge in [0.2, 0.25) is 0 Å². The molecule has 0 bridgehead atoms. The Hall–Kier alpha value is -2.40. The molecule has 0 unspecified atom stereocenters. The van der Waals surface area contributed by atoms with Crippen molar-refractivity contribution in [1.82, 2.24) is 10.6 Å². The Kier molecular flexibility index (Phi) is 21.9. The Balaban J connectivity index is 2.42. The molecule has 0 spiro atoms. The number of carbonyl (C=O) groups excluding carboxylic acids is 4. The van der Waals surface area contributed by atoms with Crippen LogP contribution in [0.5, 0.6) is 0 Å². The van der Waals surface area contributed by atoms with E-state index < -0.39 is 52.8 Å². The van der Waals surface area contributed by atoms with Crippen molar-refractivity contribution in [2.45, 2.75) is 213 Å². The van der Waals surface area contributed by atoms with Gasteiger partial charge in [0.25, 0.3) is 0 Å². The van der Waals surface area contributed by atoms with Crippen LogP contribution in [0.15, 0.2) is 0 Å². The zero-order valence-electron chi connectivity index (χ0n) is 33.0. The van der Waals surface area contributed by atoms with Gasteiger partial charge in [-0.05, 0) is 88.0 Å². The van der Waals surface area contributed by atoms with Crippen LogP contribution < -0.4 is 10.6 Å². The number of hydrogen-bond donors (Lipinski definition) is 2. The topological polar surface area (TPSA) is 138 Å². The fraction of sp³-hybridized carbons (Fsp3) is 0.897. The minimum atomic E-state index is -1.11. The maximum Gasteiger partial charge on any atom is 0.329 e. The van der Waals surface area contributed by atoms with Crippen LogP contribution in [0.1, 0.15) is 178 Å². The first-order valence-electron chi connectivity index (χ1n) is 19.3. The highest BCUT2D eigenvalue weighted by molar-refractivity contribution is 5.87. The van der Waals surface area contributed by atoms with Crippen LogP contribution in [-0.4, -0.2) is 72.3 Å². The fourth-order valence-electron chi connectivity index (χ4n) is 5.61. The van der Waals surface area contributed by atoms with Crippen LogP contribution in [-0.2, 0) is 38.1 Å². The van der Waals surface area contributed by atoms with Crippen molar-refractivity contribution in [3.05, 3.63) is 0 Å². The second kappa shape index (κ2) is 24.0. The SMILES string of the molecule is CC(C)(C)OC(=O)CC[C@H](NC(=O)N[C@@H](CCCCCCCCCCCCCCCCC1OCCO1)C(=O)OC(C)(C)C)C(=O)OC(C)(C)C. The average Bonchev–Trinajstić information content (AvgIpc) is 3.49. The molecule has 1 heterocycles. The van der Waals surface area contributed by atoms with Gasteiger partial charge in [-0.3, -0.25) is 4.79 Å². The monoisotopic (exact) mass is 713 g/mol. The molecule has 0 aromatic heterocycles. The third-order valence-corrected chi connectivity index (χ3v) is 7.92. The van der Waals surface area contributed by atoms with Crippen molar-refractivity contribution in [2.75, 3.05) is 13.2 Å². The van der Waals surface area contributed by atoms with Gasteiger partial charge in [-0.2, -0.15) is 0 Å². The van der Waals surface area contributed by atoms with Crippen LogP contribution in [0.25, 0.3) is 0 Å². The molecule has 0 radical (unpaired) electrons. The van der Waals surface area contributed by atoms with Crippen molar-refractivity contribution >= 4 is 23.9 Å². The lowest BCUT2D eigenvalue weighted by Crippen LogP contribution is -2.53. The van der Waals surface area contributed by atoms with Crippen molar-refractivity contribution in [2.24, 2.45) is 0 Å². The Bertz CT molecular complexity index is 976. The molecule has 11 heteroatoms. The molecule has 0 aliphatic carbocycles. The number of unbranched alkanes of at least 4 members (excludes halogenated alkanes) is 13. The lowest BCUT2D eigenvalue weighted by atomic mass is 10.0. The van der Waals surface area contributed by atoms with Gasteiger partial charge in [0.15, 0.2) is 6.29 Å². The van der Waals surface area contributed by atoms with Crippen LogP contribution in [0.3, 0.4) is 0 Å². The van der Waals surface area contributed by atoms with E-state index in [1.54, 1.807) is 62.3 Å². The van der Waals surface area contributed by atoms with Gasteiger partial charge in [0.1, 0.15) is 28.9 Å². The molecule has 0 aromatic rings. The van der Waals surface area contributed by atoms with E-state index in [9.17, 15) is 19.2 Å². The molecule has 1 rings (SSSR count). The number of amides is 2. The maximum atomic E-state index is 13.1. The first-order valence-corrected chi connectivity index (χ1v) is 19.3. The Morgan fingerprint density at radius 2 is 0.900 bits per heavy atom. The van der Waals surface area contributed by atoms with E-state index in [0.717, 1.165) is 45.3 Å². The van der Waals surface area contributed by atoms with Crippen molar-refractivity contribution in [3.63, 3.8) is 0 Å². The molecule has 0 saturated carbocycles. The predicted molar refractivity (Wildman–Crippen MR) is 196 cm³/mol. The number of nitrogens with one attached hydrogen (secondary N) is 2. The molecular formula is C39H72N2O9. The smallest absolute Gasteiger partial charge is 0.329 e. The maximum absolute atomic E-state index is 13.1. The number of urea groups is 1. The third kappa shape index (κ3) is 25.5. The number of rotatable bonds is 24. The van der Waals surface area contributed by atoms with E-state index in [2.05, 4.69) is 10.6 Å². The van der Waals surface area contributed by atoms with Crippen LogP contribution >= 0.6 is 0 Å². The summed E-state index contributed by atoms with van der Waals surface area (Å²) < 4.78 is 27.4. The molecule has 1 aliphatic heterocycles. The van der Waals surface area contributed by atoms with E-state index in [0.29, 0.717) is 6.42 Å². The average molecular weight is 713 g/mol. The van der Waals surface area contributed by atoms with E-state index in [1.807, 2.05) is 0 Å². The normalized spacial score (nSPS) is 15.3. The van der Waals surface area contributed by atoms with Gasteiger partial charge in [0, 0.05) is 6.42 Å². The standard InChI is InChI=1S/C39H72N2O9/c1-37(2,3)48-32(42)27-26-31(35(44)50-39(7,8)9)41-36(45)40-30(34(43)49-38(4,5)6)24-22-20-18-16-14-12-10-11-13-15-17-19-21-23-25-33-46-28-29-47-33/h30-31,33H,10-29H2,1-9H3,(H2,40,41,45)/t30-,31-/m0/s1. The van der Waals surface area contributed by atoms with E-state index in [-0.39, 0.29) is 19.1 Å². The highest BCUT2D eigenvalue weighted by atomic mass is 16.7. The number of hydrogen-bond acceptors (Lipinski definition) is 9. The zero-order valence-corrected chi connectivity index (χ0v) is 33.0. The predicted octanol–water partition coefficient (Wildman–Crippen LogP) is 8.44. The summed E-state index contributed by atoms with van der Waals surface area (Å²) in [6.45, 7) is 17.3. The first-order chi connectivity index (χ1) is 23.3. The number of esters is 3. The minimum absolute atomic E-state index is 0.0122. The fourth-order valence-corrected chi connectivity index (χ4v) is 5.61. The molecule has 1 fully saturated rings. The molecule has 50 heavy (non-hydrogen) atoms. The summed E-state index contributed by atoms with van der Waals surface area (Å²) in [5.41, 5.74) is -2.19. The zero-order chi connectivity index (χ0) is 37.6. The second-order valence-corrected chi connectivity index (χ2v) is 16.6. The van der Waals surface area contributed by atoms with Gasteiger partial charge >= 0.3 is 23.9 Å². The molecule has 0 aromatic carbocycles. The lowest BCUT2D eigenvalue weighted by molar-refractivity contribution is -0.159. The Morgan fingerprint density at radius 3 is 1.30 bits per heavy atom. The summed E-state index contributed by atoms with van der Waals surface area (Å²) in [5, 5.41) is 5.34. The quantitative estimate of drug-likeness (QED) is 0.0573. The molecule has 2 N–H and O–H groups in total. The van der Waals surface area contributed by atoms with Crippen molar-refractivity contribution < 1.29 is 42.9 Å². The Labute approximate surface area is 303 Å². The largest absolute Gasteiger partial charge is 0.460 e. The summed E-state index contributed by atoms with van der Waals surface area (Å²) in [5.74, 6) is -1.68. The van der Waals surface area contributed by atoms with Crippen LogP contribution in [0, 0.1) is 0 Å². The van der Waals surface area contributed by atoms with Crippen molar-refractivity contribution in [3.8, 4) is 0 Å². The van der Waals surface area contributed by atoms with Gasteiger partial charge in [0.05, 0.1) is 13.2 Å². The summed E-state index contributed by atoms with van der Waals surface area (Å²) in [7, 11) is 0. The molecule has 11 nitrogen and oxygen atoms in total. The third-order valence-electron chi connectivity index (χ3n) is 7.92. The summed E-state index contributed by atoms with van der Waals surface area (Å²) >= 11 is 0. The molecule has 292 valence electrons. The minimum Gasteiger partial charge on any atom is -0.460 e.